The number of carbonyl (C=O) groups is 1. The lowest BCUT2D eigenvalue weighted by Crippen LogP contribution is -2.30. The van der Waals surface area contributed by atoms with E-state index in [1.807, 2.05) is 19.9 Å². The maximum Gasteiger partial charge on any atom is 0.222 e. The van der Waals surface area contributed by atoms with E-state index in [-0.39, 0.29) is 17.6 Å². The second kappa shape index (κ2) is 6.26. The molecule has 0 aromatic heterocycles. The molecule has 0 aliphatic carbocycles. The summed E-state index contributed by atoms with van der Waals surface area (Å²) in [4.78, 5) is 11.4. The minimum atomic E-state index is -0.231. The molecule has 1 N–H and O–H groups in total. The van der Waals surface area contributed by atoms with Crippen molar-refractivity contribution in [3.05, 3.63) is 35.6 Å². The third-order valence-corrected chi connectivity index (χ3v) is 2.66. The quantitative estimate of drug-likeness (QED) is 0.816. The summed E-state index contributed by atoms with van der Waals surface area (Å²) < 4.78 is 12.8. The molecule has 88 valence electrons. The van der Waals surface area contributed by atoms with E-state index in [9.17, 15) is 9.18 Å². The lowest BCUT2D eigenvalue weighted by atomic mass is 10.1. The molecule has 0 aliphatic heterocycles. The summed E-state index contributed by atoms with van der Waals surface area (Å²) in [6.07, 6.45) is 1.51. The zero-order valence-corrected chi connectivity index (χ0v) is 9.79. The van der Waals surface area contributed by atoms with E-state index in [1.165, 1.54) is 12.1 Å². The second-order valence-corrected chi connectivity index (χ2v) is 3.98. The van der Waals surface area contributed by atoms with Crippen LogP contribution in [0.4, 0.5) is 4.39 Å². The third kappa shape index (κ3) is 4.01. The molecule has 16 heavy (non-hydrogen) atoms. The summed E-state index contributed by atoms with van der Waals surface area (Å²) in [5, 5.41) is 2.84. The molecule has 0 heterocycles. The fourth-order valence-electron chi connectivity index (χ4n) is 1.38. The van der Waals surface area contributed by atoms with Gasteiger partial charge in [0, 0.05) is 12.5 Å². The first kappa shape index (κ1) is 12.7. The molecule has 0 saturated heterocycles. The van der Waals surface area contributed by atoms with Crippen LogP contribution in [0.3, 0.4) is 0 Å². The van der Waals surface area contributed by atoms with Crippen LogP contribution >= 0.6 is 0 Å². The van der Waals surface area contributed by atoms with Crippen molar-refractivity contribution in [2.45, 2.75) is 26.7 Å². The molecule has 2 nitrogen and oxygen atoms in total. The first-order chi connectivity index (χ1) is 7.63. The first-order valence-electron chi connectivity index (χ1n) is 5.65. The highest BCUT2D eigenvalue weighted by Gasteiger charge is 2.08. The minimum Gasteiger partial charge on any atom is -0.356 e. The van der Waals surface area contributed by atoms with Gasteiger partial charge in [-0.2, -0.15) is 0 Å². The molecular formula is C13H18FNO. The Bertz CT molecular complexity index is 352. The largest absolute Gasteiger partial charge is 0.356 e. The molecule has 1 amide bonds. The van der Waals surface area contributed by atoms with Gasteiger partial charge in [0.15, 0.2) is 0 Å². The predicted molar refractivity (Wildman–Crippen MR) is 62.6 cm³/mol. The molecule has 1 rings (SSSR count). The lowest BCUT2D eigenvalue weighted by Gasteiger charge is -2.09. The van der Waals surface area contributed by atoms with Crippen LogP contribution in [0.1, 0.15) is 25.8 Å². The Balaban J connectivity index is 2.33. The first-order valence-corrected chi connectivity index (χ1v) is 5.65. The third-order valence-electron chi connectivity index (χ3n) is 2.66. The zero-order valence-electron chi connectivity index (χ0n) is 9.79. The van der Waals surface area contributed by atoms with Gasteiger partial charge in [-0.05, 0) is 30.5 Å². The summed E-state index contributed by atoms with van der Waals surface area (Å²) >= 11 is 0. The van der Waals surface area contributed by atoms with Crippen molar-refractivity contribution >= 4 is 5.91 Å². The maximum atomic E-state index is 12.8. The number of halogens is 1. The van der Waals surface area contributed by atoms with Crippen LogP contribution in [-0.4, -0.2) is 12.5 Å². The summed E-state index contributed by atoms with van der Waals surface area (Å²) in [6, 6.07) is 6.45. The van der Waals surface area contributed by atoms with Crippen LogP contribution in [0.5, 0.6) is 0 Å². The highest BCUT2D eigenvalue weighted by Crippen LogP contribution is 2.04. The van der Waals surface area contributed by atoms with Crippen molar-refractivity contribution in [2.75, 3.05) is 6.54 Å². The Morgan fingerprint density at radius 1 is 1.50 bits per heavy atom. The van der Waals surface area contributed by atoms with E-state index in [0.29, 0.717) is 13.0 Å². The zero-order chi connectivity index (χ0) is 12.0. The van der Waals surface area contributed by atoms with Gasteiger partial charge in [0.2, 0.25) is 5.91 Å². The molecule has 0 spiro atoms. The van der Waals surface area contributed by atoms with Crippen molar-refractivity contribution in [2.24, 2.45) is 5.92 Å². The smallest absolute Gasteiger partial charge is 0.222 e. The molecule has 0 bridgehead atoms. The van der Waals surface area contributed by atoms with Gasteiger partial charge in [0.1, 0.15) is 5.82 Å². The fraction of sp³-hybridized carbons (Fsp3) is 0.462. The maximum absolute atomic E-state index is 12.8. The number of benzene rings is 1. The van der Waals surface area contributed by atoms with E-state index < -0.39 is 0 Å². The van der Waals surface area contributed by atoms with Crippen molar-refractivity contribution in [3.63, 3.8) is 0 Å². The van der Waals surface area contributed by atoms with E-state index >= 15 is 0 Å². The van der Waals surface area contributed by atoms with Gasteiger partial charge in [0.25, 0.3) is 0 Å². The fourth-order valence-corrected chi connectivity index (χ4v) is 1.38. The molecule has 1 aromatic carbocycles. The topological polar surface area (TPSA) is 29.1 Å². The number of nitrogens with one attached hydrogen (secondary N) is 1. The molecule has 0 aliphatic rings. The molecule has 0 radical (unpaired) electrons. The minimum absolute atomic E-state index is 0.0486. The number of hydrogen-bond acceptors (Lipinski definition) is 1. The van der Waals surface area contributed by atoms with Crippen molar-refractivity contribution in [1.82, 2.24) is 5.32 Å². The molecule has 3 heteroatoms. The molecular weight excluding hydrogens is 205 g/mol. The van der Waals surface area contributed by atoms with Gasteiger partial charge in [-0.25, -0.2) is 4.39 Å². The molecule has 0 saturated carbocycles. The van der Waals surface area contributed by atoms with E-state index in [4.69, 9.17) is 0 Å². The van der Waals surface area contributed by atoms with Crippen molar-refractivity contribution in [3.8, 4) is 0 Å². The van der Waals surface area contributed by atoms with Crippen molar-refractivity contribution in [1.29, 1.82) is 0 Å². The van der Waals surface area contributed by atoms with Gasteiger partial charge in [-0.1, -0.05) is 26.0 Å². The van der Waals surface area contributed by atoms with Gasteiger partial charge in [-0.15, -0.1) is 0 Å². The van der Waals surface area contributed by atoms with Crippen LogP contribution in [0.25, 0.3) is 0 Å². The van der Waals surface area contributed by atoms with E-state index in [1.54, 1.807) is 6.07 Å². The van der Waals surface area contributed by atoms with Gasteiger partial charge in [-0.3, -0.25) is 4.79 Å². The average molecular weight is 223 g/mol. The Kier molecular flexibility index (Phi) is 4.96. The average Bonchev–Trinajstić information content (AvgIpc) is 2.28. The molecule has 0 unspecified atom stereocenters. The SMILES string of the molecule is CC[C@H](C)C(=O)NCCc1cccc(F)c1. The predicted octanol–water partition coefficient (Wildman–Crippen LogP) is 2.53. The van der Waals surface area contributed by atoms with Crippen LogP contribution in [0.15, 0.2) is 24.3 Å². The second-order valence-electron chi connectivity index (χ2n) is 3.98. The van der Waals surface area contributed by atoms with Gasteiger partial charge in [0.05, 0.1) is 0 Å². The number of rotatable bonds is 5. The van der Waals surface area contributed by atoms with Crippen LogP contribution in [-0.2, 0) is 11.2 Å². The Hall–Kier alpha value is -1.38. The Morgan fingerprint density at radius 3 is 2.88 bits per heavy atom. The number of hydrogen-bond donors (Lipinski definition) is 1. The van der Waals surface area contributed by atoms with Gasteiger partial charge >= 0.3 is 0 Å². The van der Waals surface area contributed by atoms with Crippen LogP contribution in [0, 0.1) is 11.7 Å². The van der Waals surface area contributed by atoms with Gasteiger partial charge < -0.3 is 5.32 Å². The lowest BCUT2D eigenvalue weighted by molar-refractivity contribution is -0.124. The summed E-state index contributed by atoms with van der Waals surface area (Å²) in [5.74, 6) is -0.114. The molecule has 1 atom stereocenters. The standard InChI is InChI=1S/C13H18FNO/c1-3-10(2)13(16)15-8-7-11-5-4-6-12(14)9-11/h4-6,9-10H,3,7-8H2,1-2H3,(H,15,16)/t10-/m0/s1. The van der Waals surface area contributed by atoms with Crippen LogP contribution in [0.2, 0.25) is 0 Å². The highest BCUT2D eigenvalue weighted by atomic mass is 19.1. The number of carbonyl (C=O) groups excluding carboxylic acids is 1. The normalized spacial score (nSPS) is 12.2. The van der Waals surface area contributed by atoms with E-state index in [2.05, 4.69) is 5.32 Å². The summed E-state index contributed by atoms with van der Waals surface area (Å²) in [5.41, 5.74) is 0.907. The molecule has 1 aromatic rings. The van der Waals surface area contributed by atoms with Crippen molar-refractivity contribution < 1.29 is 9.18 Å². The number of amides is 1. The molecule has 0 fully saturated rings. The summed E-state index contributed by atoms with van der Waals surface area (Å²) in [6.45, 7) is 4.45. The van der Waals surface area contributed by atoms with E-state index in [0.717, 1.165) is 12.0 Å². The monoisotopic (exact) mass is 223 g/mol. The highest BCUT2D eigenvalue weighted by molar-refractivity contribution is 5.78. The Labute approximate surface area is 95.9 Å². The van der Waals surface area contributed by atoms with Crippen LogP contribution < -0.4 is 5.32 Å². The summed E-state index contributed by atoms with van der Waals surface area (Å²) in [7, 11) is 0. The Morgan fingerprint density at radius 2 is 2.25 bits per heavy atom.